The van der Waals surface area contributed by atoms with Gasteiger partial charge >= 0.3 is 5.97 Å². The smallest absolute Gasteiger partial charge is 0.352 e. The number of imidazole rings is 1. The highest BCUT2D eigenvalue weighted by Crippen LogP contribution is 2.41. The van der Waals surface area contributed by atoms with E-state index >= 15 is 0 Å². The van der Waals surface area contributed by atoms with Gasteiger partial charge in [-0.25, -0.2) is 14.5 Å². The number of aryl methyl sites for hydroxylation is 2. The number of carbonyl (C=O) groups excluding carboxylic acids is 3. The molecule has 42 heavy (non-hydrogen) atoms. The SMILES string of the molecule is Cc1cccc2[nH]c(C(=O)NC(C(=O)NC3C(=O)N4C(C(=O)O)=C(CSc5nnnn5C)CS[C@H]34)c3cccs3)nc12. The highest BCUT2D eigenvalue weighted by molar-refractivity contribution is 8.01. The second kappa shape index (κ2) is 11.2. The third kappa shape index (κ3) is 5.03. The lowest BCUT2D eigenvalue weighted by molar-refractivity contribution is -0.150. The number of thioether (sulfide) groups is 2. The number of carboxylic acid groups (broad SMARTS) is 1. The number of hydrogen-bond donors (Lipinski definition) is 4. The molecule has 1 saturated heterocycles. The molecule has 0 aliphatic carbocycles. The summed E-state index contributed by atoms with van der Waals surface area (Å²) in [7, 11) is 1.68. The average molecular weight is 626 g/mol. The minimum Gasteiger partial charge on any atom is -0.477 e. The molecule has 1 aromatic carbocycles. The predicted octanol–water partition coefficient (Wildman–Crippen LogP) is 1.46. The number of β-lactam (4-membered cyclic amide) rings is 1. The number of rotatable bonds is 9. The number of amides is 3. The summed E-state index contributed by atoms with van der Waals surface area (Å²) >= 11 is 3.91. The highest BCUT2D eigenvalue weighted by Gasteiger charge is 2.54. The number of aromatic nitrogens is 6. The molecule has 0 spiro atoms. The molecule has 1 fully saturated rings. The van der Waals surface area contributed by atoms with Crippen molar-refractivity contribution in [2.45, 2.75) is 29.5 Å². The second-order valence-electron chi connectivity index (χ2n) is 9.51. The van der Waals surface area contributed by atoms with E-state index in [4.69, 9.17) is 0 Å². The Morgan fingerprint density at radius 3 is 2.79 bits per heavy atom. The van der Waals surface area contributed by atoms with Crippen molar-refractivity contribution in [1.29, 1.82) is 0 Å². The number of aliphatic carboxylic acids is 1. The molecular weight excluding hydrogens is 603 g/mol. The Morgan fingerprint density at radius 2 is 2.10 bits per heavy atom. The normalized spacial score (nSPS) is 18.9. The first kappa shape index (κ1) is 27.9. The van der Waals surface area contributed by atoms with Crippen molar-refractivity contribution in [3.63, 3.8) is 0 Å². The maximum Gasteiger partial charge on any atom is 0.352 e. The van der Waals surface area contributed by atoms with Gasteiger partial charge in [-0.15, -0.1) is 28.2 Å². The number of carboxylic acids is 1. The zero-order valence-electron chi connectivity index (χ0n) is 22.1. The fraction of sp³-hybridized carbons (Fsp3) is 0.280. The van der Waals surface area contributed by atoms with E-state index in [9.17, 15) is 24.3 Å². The van der Waals surface area contributed by atoms with E-state index < -0.39 is 41.1 Å². The molecule has 2 unspecified atom stereocenters. The molecular formula is C25H23N9O5S3. The molecule has 2 aliphatic rings. The molecule has 17 heteroatoms. The number of H-pyrrole nitrogens is 1. The van der Waals surface area contributed by atoms with Crippen LogP contribution >= 0.6 is 34.9 Å². The van der Waals surface area contributed by atoms with Crippen LogP contribution in [0.25, 0.3) is 11.0 Å². The van der Waals surface area contributed by atoms with Gasteiger partial charge in [0.15, 0.2) is 5.82 Å². The van der Waals surface area contributed by atoms with E-state index in [1.54, 1.807) is 24.6 Å². The van der Waals surface area contributed by atoms with Gasteiger partial charge in [-0.3, -0.25) is 19.3 Å². The lowest BCUT2D eigenvalue weighted by Gasteiger charge is -2.49. The molecule has 4 N–H and O–H groups in total. The summed E-state index contributed by atoms with van der Waals surface area (Å²) in [5.74, 6) is -2.25. The van der Waals surface area contributed by atoms with E-state index in [-0.39, 0.29) is 17.3 Å². The number of tetrazole rings is 1. The largest absolute Gasteiger partial charge is 0.477 e. The molecule has 216 valence electrons. The summed E-state index contributed by atoms with van der Waals surface area (Å²) in [6.45, 7) is 1.89. The van der Waals surface area contributed by atoms with Gasteiger partial charge in [0.05, 0.1) is 11.0 Å². The maximum atomic E-state index is 13.5. The average Bonchev–Trinajstić information content (AvgIpc) is 3.74. The fourth-order valence-electron chi connectivity index (χ4n) is 4.73. The van der Waals surface area contributed by atoms with Crippen LogP contribution in [0.1, 0.15) is 27.1 Å². The summed E-state index contributed by atoms with van der Waals surface area (Å²) in [5.41, 5.74) is 2.71. The van der Waals surface area contributed by atoms with Crippen LogP contribution in [0.3, 0.4) is 0 Å². The topological polar surface area (TPSA) is 188 Å². The molecule has 5 heterocycles. The van der Waals surface area contributed by atoms with Gasteiger partial charge in [0.2, 0.25) is 11.1 Å². The van der Waals surface area contributed by atoms with Gasteiger partial charge in [0.25, 0.3) is 11.8 Å². The second-order valence-corrected chi connectivity index (χ2v) is 12.5. The number of aromatic amines is 1. The van der Waals surface area contributed by atoms with E-state index in [0.717, 1.165) is 5.56 Å². The van der Waals surface area contributed by atoms with E-state index in [2.05, 4.69) is 36.1 Å². The zero-order valence-corrected chi connectivity index (χ0v) is 24.5. The van der Waals surface area contributed by atoms with Crippen molar-refractivity contribution >= 4 is 69.6 Å². The van der Waals surface area contributed by atoms with Crippen molar-refractivity contribution in [2.75, 3.05) is 11.5 Å². The number of hydrogen-bond acceptors (Lipinski definition) is 11. The van der Waals surface area contributed by atoms with Gasteiger partial charge in [0, 0.05) is 23.4 Å². The molecule has 4 aromatic rings. The minimum absolute atomic E-state index is 0.0566. The lowest BCUT2D eigenvalue weighted by atomic mass is 10.0. The minimum atomic E-state index is -1.23. The Hall–Kier alpha value is -4.22. The molecule has 6 rings (SSSR count). The van der Waals surface area contributed by atoms with Gasteiger partial charge in [-0.1, -0.05) is 30.0 Å². The Bertz CT molecular complexity index is 1750. The summed E-state index contributed by atoms with van der Waals surface area (Å²) in [4.78, 5) is 61.3. The Kier molecular flexibility index (Phi) is 7.46. The first-order valence-corrected chi connectivity index (χ1v) is 15.5. The zero-order chi connectivity index (χ0) is 29.5. The molecule has 0 radical (unpaired) electrons. The number of fused-ring (bicyclic) bond motifs is 2. The highest BCUT2D eigenvalue weighted by atomic mass is 32.2. The third-order valence-corrected chi connectivity index (χ3v) is 10.2. The predicted molar refractivity (Wildman–Crippen MR) is 155 cm³/mol. The lowest BCUT2D eigenvalue weighted by Crippen LogP contribution is -2.71. The van der Waals surface area contributed by atoms with Crippen molar-refractivity contribution in [2.24, 2.45) is 7.05 Å². The van der Waals surface area contributed by atoms with Crippen molar-refractivity contribution in [1.82, 2.24) is 45.7 Å². The third-order valence-electron chi connectivity index (χ3n) is 6.80. The van der Waals surface area contributed by atoms with Gasteiger partial charge in [-0.05, 0) is 46.0 Å². The van der Waals surface area contributed by atoms with Crippen LogP contribution in [0.4, 0.5) is 0 Å². The van der Waals surface area contributed by atoms with E-state index in [1.165, 1.54) is 44.4 Å². The molecule has 3 atom stereocenters. The van der Waals surface area contributed by atoms with Crippen molar-refractivity contribution in [3.8, 4) is 0 Å². The maximum absolute atomic E-state index is 13.5. The van der Waals surface area contributed by atoms with E-state index in [1.807, 2.05) is 25.1 Å². The Morgan fingerprint density at radius 1 is 1.26 bits per heavy atom. The molecule has 3 aromatic heterocycles. The van der Waals surface area contributed by atoms with Gasteiger partial charge in [-0.2, -0.15) is 0 Å². The van der Waals surface area contributed by atoms with Crippen LogP contribution in [-0.4, -0.2) is 86.8 Å². The number of para-hydroxylation sites is 1. The molecule has 14 nitrogen and oxygen atoms in total. The molecule has 0 saturated carbocycles. The van der Waals surface area contributed by atoms with Crippen LogP contribution < -0.4 is 10.6 Å². The van der Waals surface area contributed by atoms with Crippen LogP contribution in [0, 0.1) is 6.92 Å². The number of benzene rings is 1. The van der Waals surface area contributed by atoms with Gasteiger partial charge < -0.3 is 20.7 Å². The van der Waals surface area contributed by atoms with Crippen LogP contribution in [-0.2, 0) is 21.4 Å². The Labute approximate surface area is 250 Å². The first-order chi connectivity index (χ1) is 20.2. The van der Waals surface area contributed by atoms with Crippen LogP contribution in [0.5, 0.6) is 0 Å². The van der Waals surface area contributed by atoms with Crippen molar-refractivity contribution in [3.05, 3.63) is 63.2 Å². The molecule has 3 amide bonds. The van der Waals surface area contributed by atoms with E-state index in [0.29, 0.717) is 32.4 Å². The summed E-state index contributed by atoms with van der Waals surface area (Å²) in [6, 6.07) is 6.96. The fourth-order valence-corrected chi connectivity index (χ4v) is 7.84. The summed E-state index contributed by atoms with van der Waals surface area (Å²) < 4.78 is 1.48. The molecule has 0 bridgehead atoms. The number of nitrogens with one attached hydrogen (secondary N) is 3. The Balaban J connectivity index is 1.18. The number of nitrogens with zero attached hydrogens (tertiary/aromatic N) is 6. The van der Waals surface area contributed by atoms with Crippen LogP contribution in [0.15, 0.2) is 52.1 Å². The number of thiophene rings is 1. The number of carbonyl (C=O) groups is 4. The standard InChI is InChI=1S/C25H23N9O5S3/c1-11-5-3-6-13-15(11)27-19(26-13)21(36)28-16(14-7-4-8-40-14)20(35)29-17-22(37)34-18(24(38)39)12(9-41-23(17)34)10-42-25-30-31-32-33(25)2/h3-8,16-17,23H,9-10H2,1-2H3,(H,26,27)(H,28,36)(H,29,35)(H,38,39)/t16?,17?,23-/m1/s1. The van der Waals surface area contributed by atoms with Crippen LogP contribution in [0.2, 0.25) is 0 Å². The monoisotopic (exact) mass is 625 g/mol. The van der Waals surface area contributed by atoms with Gasteiger partial charge in [0.1, 0.15) is 23.2 Å². The summed E-state index contributed by atoms with van der Waals surface area (Å²) in [5, 5.41) is 28.4. The molecule has 2 aliphatic heterocycles. The summed E-state index contributed by atoms with van der Waals surface area (Å²) in [6.07, 6.45) is 0. The van der Waals surface area contributed by atoms with Crippen molar-refractivity contribution < 1.29 is 24.3 Å². The quantitative estimate of drug-likeness (QED) is 0.156. The first-order valence-electron chi connectivity index (χ1n) is 12.6.